The summed E-state index contributed by atoms with van der Waals surface area (Å²) in [5.74, 6) is -0.554. The van der Waals surface area contributed by atoms with E-state index < -0.39 is 15.8 Å². The summed E-state index contributed by atoms with van der Waals surface area (Å²) in [6.45, 7) is 1.64. The number of rotatable bonds is 3. The van der Waals surface area contributed by atoms with Gasteiger partial charge in [-0.15, -0.1) is 0 Å². The molecule has 1 fully saturated rings. The van der Waals surface area contributed by atoms with Gasteiger partial charge in [-0.3, -0.25) is 0 Å². The molecule has 0 unspecified atom stereocenters. The lowest BCUT2D eigenvalue weighted by Gasteiger charge is -2.32. The summed E-state index contributed by atoms with van der Waals surface area (Å²) in [6.07, 6.45) is 1.27. The first kappa shape index (κ1) is 12.5. The number of aryl methyl sites for hydroxylation is 1. The zero-order valence-corrected chi connectivity index (χ0v) is 10.3. The predicted octanol–water partition coefficient (Wildman–Crippen LogP) is 0.902. The number of hydrogen-bond donors (Lipinski definition) is 2. The van der Waals surface area contributed by atoms with Crippen molar-refractivity contribution in [1.29, 1.82) is 0 Å². The molecule has 4 nitrogen and oxygen atoms in total. The zero-order chi connectivity index (χ0) is 12.6. The molecule has 94 valence electrons. The summed E-state index contributed by atoms with van der Waals surface area (Å²) in [7, 11) is -3.64. The first-order valence-corrected chi connectivity index (χ1v) is 6.91. The van der Waals surface area contributed by atoms with Crippen molar-refractivity contribution in [3.63, 3.8) is 0 Å². The molecule has 1 aliphatic rings. The van der Waals surface area contributed by atoms with Crippen molar-refractivity contribution in [3.05, 3.63) is 29.6 Å². The van der Waals surface area contributed by atoms with E-state index in [9.17, 15) is 12.8 Å². The molecule has 0 atom stereocenters. The summed E-state index contributed by atoms with van der Waals surface area (Å²) in [5, 5.41) is 0. The Morgan fingerprint density at radius 1 is 1.41 bits per heavy atom. The monoisotopic (exact) mass is 258 g/mol. The Balaban J connectivity index is 2.22. The lowest BCUT2D eigenvalue weighted by molar-refractivity contribution is 0.327. The van der Waals surface area contributed by atoms with Crippen molar-refractivity contribution < 1.29 is 12.8 Å². The Labute approximate surface area is 100 Å². The van der Waals surface area contributed by atoms with Gasteiger partial charge in [0.2, 0.25) is 10.0 Å². The Hall–Kier alpha value is -0.980. The molecule has 1 aliphatic carbocycles. The molecule has 0 bridgehead atoms. The van der Waals surface area contributed by atoms with Crippen molar-refractivity contribution in [1.82, 2.24) is 4.72 Å². The predicted molar refractivity (Wildman–Crippen MR) is 62.5 cm³/mol. The van der Waals surface area contributed by atoms with E-state index in [1.165, 1.54) is 12.1 Å². The van der Waals surface area contributed by atoms with Gasteiger partial charge in [0.25, 0.3) is 0 Å². The van der Waals surface area contributed by atoms with Crippen molar-refractivity contribution in [2.75, 3.05) is 0 Å². The second kappa shape index (κ2) is 4.36. The Kier molecular flexibility index (Phi) is 3.20. The first-order valence-electron chi connectivity index (χ1n) is 5.42. The highest BCUT2D eigenvalue weighted by Gasteiger charge is 2.30. The molecular formula is C11H15FN2O2S. The molecule has 0 spiro atoms. The van der Waals surface area contributed by atoms with Crippen molar-refractivity contribution in [2.24, 2.45) is 5.73 Å². The smallest absolute Gasteiger partial charge is 0.241 e. The van der Waals surface area contributed by atoms with Crippen LogP contribution < -0.4 is 10.5 Å². The standard InChI is InChI=1S/C11H15FN2O2S/c1-7-2-3-8(12)4-11(7)17(15,16)14-10-5-9(13)6-10/h2-4,9-10,14H,5-6,13H2,1H3. The van der Waals surface area contributed by atoms with Crippen LogP contribution in [0.3, 0.4) is 0 Å². The number of benzene rings is 1. The van der Waals surface area contributed by atoms with E-state index in [0.717, 1.165) is 6.07 Å². The van der Waals surface area contributed by atoms with E-state index in [-0.39, 0.29) is 17.0 Å². The van der Waals surface area contributed by atoms with E-state index in [0.29, 0.717) is 18.4 Å². The van der Waals surface area contributed by atoms with Crippen LogP contribution in [0.5, 0.6) is 0 Å². The van der Waals surface area contributed by atoms with Crippen LogP contribution in [0.2, 0.25) is 0 Å². The second-order valence-electron chi connectivity index (χ2n) is 4.46. The molecule has 1 aromatic rings. The molecule has 2 rings (SSSR count). The van der Waals surface area contributed by atoms with Crippen LogP contribution in [0.25, 0.3) is 0 Å². The summed E-state index contributed by atoms with van der Waals surface area (Å²) in [4.78, 5) is -0.00188. The fourth-order valence-electron chi connectivity index (χ4n) is 1.90. The van der Waals surface area contributed by atoms with E-state index in [2.05, 4.69) is 4.72 Å². The van der Waals surface area contributed by atoms with Gasteiger partial charge in [-0.2, -0.15) is 0 Å². The molecule has 3 N–H and O–H groups in total. The summed E-state index contributed by atoms with van der Waals surface area (Å²) < 4.78 is 39.6. The van der Waals surface area contributed by atoms with Crippen LogP contribution in [0.15, 0.2) is 23.1 Å². The quantitative estimate of drug-likeness (QED) is 0.846. The van der Waals surface area contributed by atoms with E-state index >= 15 is 0 Å². The molecular weight excluding hydrogens is 243 g/mol. The van der Waals surface area contributed by atoms with Gasteiger partial charge in [-0.1, -0.05) is 6.07 Å². The van der Waals surface area contributed by atoms with Crippen LogP contribution >= 0.6 is 0 Å². The average Bonchev–Trinajstić information content (AvgIpc) is 2.19. The second-order valence-corrected chi connectivity index (χ2v) is 6.14. The topological polar surface area (TPSA) is 72.2 Å². The largest absolute Gasteiger partial charge is 0.328 e. The van der Waals surface area contributed by atoms with Crippen molar-refractivity contribution >= 4 is 10.0 Å². The van der Waals surface area contributed by atoms with Crippen molar-refractivity contribution in [3.8, 4) is 0 Å². The summed E-state index contributed by atoms with van der Waals surface area (Å²) in [6, 6.07) is 3.68. The lowest BCUT2D eigenvalue weighted by atomic mass is 9.89. The third-order valence-electron chi connectivity index (χ3n) is 2.94. The van der Waals surface area contributed by atoms with Gasteiger partial charge in [0.1, 0.15) is 5.82 Å². The molecule has 6 heteroatoms. The van der Waals surface area contributed by atoms with Gasteiger partial charge in [0.15, 0.2) is 0 Å². The van der Waals surface area contributed by atoms with Gasteiger partial charge >= 0.3 is 0 Å². The molecule has 0 radical (unpaired) electrons. The minimum Gasteiger partial charge on any atom is -0.328 e. The third-order valence-corrected chi connectivity index (χ3v) is 4.60. The van der Waals surface area contributed by atoms with Gasteiger partial charge < -0.3 is 5.73 Å². The highest BCUT2D eigenvalue weighted by Crippen LogP contribution is 2.22. The molecule has 0 amide bonds. The van der Waals surface area contributed by atoms with E-state index in [4.69, 9.17) is 5.73 Å². The number of nitrogens with one attached hydrogen (secondary N) is 1. The normalized spacial score (nSPS) is 24.4. The summed E-state index contributed by atoms with van der Waals surface area (Å²) in [5.41, 5.74) is 6.12. The SMILES string of the molecule is Cc1ccc(F)cc1S(=O)(=O)NC1CC(N)C1. The van der Waals surface area contributed by atoms with E-state index in [1.54, 1.807) is 6.92 Å². The van der Waals surface area contributed by atoms with Crippen LogP contribution in [-0.2, 0) is 10.0 Å². The Morgan fingerprint density at radius 3 is 2.65 bits per heavy atom. The van der Waals surface area contributed by atoms with Crippen LogP contribution in [0, 0.1) is 12.7 Å². The molecule has 0 saturated heterocycles. The minimum absolute atomic E-state index is 0.00188. The maximum absolute atomic E-state index is 13.1. The maximum Gasteiger partial charge on any atom is 0.241 e. The van der Waals surface area contributed by atoms with Gasteiger partial charge in [-0.05, 0) is 37.5 Å². The highest BCUT2D eigenvalue weighted by atomic mass is 32.2. The minimum atomic E-state index is -3.64. The third kappa shape index (κ3) is 2.65. The fraction of sp³-hybridized carbons (Fsp3) is 0.455. The highest BCUT2D eigenvalue weighted by molar-refractivity contribution is 7.89. The number of hydrogen-bond acceptors (Lipinski definition) is 3. The van der Waals surface area contributed by atoms with Gasteiger partial charge in [0, 0.05) is 12.1 Å². The Morgan fingerprint density at radius 2 is 2.06 bits per heavy atom. The zero-order valence-electron chi connectivity index (χ0n) is 9.48. The van der Waals surface area contributed by atoms with E-state index in [1.807, 2.05) is 0 Å². The van der Waals surface area contributed by atoms with Gasteiger partial charge in [-0.25, -0.2) is 17.5 Å². The molecule has 0 aliphatic heterocycles. The fourth-order valence-corrected chi connectivity index (χ4v) is 3.42. The molecule has 0 aromatic heterocycles. The lowest BCUT2D eigenvalue weighted by Crippen LogP contribution is -2.50. The van der Waals surface area contributed by atoms with Gasteiger partial charge in [0.05, 0.1) is 4.90 Å². The average molecular weight is 258 g/mol. The molecule has 1 saturated carbocycles. The van der Waals surface area contributed by atoms with Crippen LogP contribution in [-0.4, -0.2) is 20.5 Å². The number of nitrogens with two attached hydrogens (primary N) is 1. The first-order chi connectivity index (χ1) is 7.88. The van der Waals surface area contributed by atoms with Crippen molar-refractivity contribution in [2.45, 2.75) is 36.7 Å². The van der Waals surface area contributed by atoms with Crippen LogP contribution in [0.1, 0.15) is 18.4 Å². The van der Waals surface area contributed by atoms with Crippen LogP contribution in [0.4, 0.5) is 4.39 Å². The molecule has 17 heavy (non-hydrogen) atoms. The number of sulfonamides is 1. The Bertz CT molecular complexity index is 524. The molecule has 0 heterocycles. The maximum atomic E-state index is 13.1. The number of halogens is 1. The molecule has 1 aromatic carbocycles. The summed E-state index contributed by atoms with van der Waals surface area (Å²) >= 11 is 0.